The standard InChI is InChI=1S/C29H21F3O3/c1-2-17-3-5-18(6-4-17)22-12-13-23(28(32)27(22)31)19-7-9-20(10-8-19)29(33)35-25-14-11-21(15-24(25)30)26-16-34-26/h3-15,26H,2,16H2,1H3. The van der Waals surface area contributed by atoms with Crippen LogP contribution in [0, 0.1) is 17.5 Å². The van der Waals surface area contributed by atoms with Gasteiger partial charge in [-0.25, -0.2) is 18.0 Å². The Morgan fingerprint density at radius 1 is 0.857 bits per heavy atom. The Bertz CT molecular complexity index is 1390. The van der Waals surface area contributed by atoms with E-state index in [1.165, 1.54) is 48.5 Å². The molecule has 1 fully saturated rings. The quantitative estimate of drug-likeness (QED) is 0.167. The Morgan fingerprint density at radius 2 is 1.43 bits per heavy atom. The van der Waals surface area contributed by atoms with Gasteiger partial charge < -0.3 is 9.47 Å². The van der Waals surface area contributed by atoms with Crippen LogP contribution in [0.1, 0.15) is 34.5 Å². The van der Waals surface area contributed by atoms with Gasteiger partial charge in [-0.15, -0.1) is 0 Å². The van der Waals surface area contributed by atoms with Crippen molar-refractivity contribution in [1.82, 2.24) is 0 Å². The van der Waals surface area contributed by atoms with Crippen LogP contribution in [-0.4, -0.2) is 12.6 Å². The summed E-state index contributed by atoms with van der Waals surface area (Å²) in [6.45, 7) is 2.57. The fourth-order valence-corrected chi connectivity index (χ4v) is 3.90. The fraction of sp³-hybridized carbons (Fsp3) is 0.138. The summed E-state index contributed by atoms with van der Waals surface area (Å²) in [7, 11) is 0. The molecule has 4 aromatic rings. The summed E-state index contributed by atoms with van der Waals surface area (Å²) in [4.78, 5) is 12.5. The smallest absolute Gasteiger partial charge is 0.343 e. The Morgan fingerprint density at radius 3 is 1.94 bits per heavy atom. The average Bonchev–Trinajstić information content (AvgIpc) is 3.73. The summed E-state index contributed by atoms with van der Waals surface area (Å²) >= 11 is 0. The fourth-order valence-electron chi connectivity index (χ4n) is 3.90. The Balaban J connectivity index is 1.34. The topological polar surface area (TPSA) is 38.8 Å². The lowest BCUT2D eigenvalue weighted by Gasteiger charge is -2.11. The number of aryl methyl sites for hydroxylation is 1. The van der Waals surface area contributed by atoms with Gasteiger partial charge in [-0.2, -0.15) is 0 Å². The zero-order chi connectivity index (χ0) is 24.5. The maximum Gasteiger partial charge on any atom is 0.343 e. The largest absolute Gasteiger partial charge is 0.420 e. The van der Waals surface area contributed by atoms with Crippen molar-refractivity contribution in [2.24, 2.45) is 0 Å². The Labute approximate surface area is 200 Å². The average molecular weight is 474 g/mol. The van der Waals surface area contributed by atoms with E-state index < -0.39 is 23.4 Å². The molecule has 1 atom stereocenters. The van der Waals surface area contributed by atoms with Gasteiger partial charge >= 0.3 is 5.97 Å². The Hall–Kier alpha value is -3.90. The molecule has 1 saturated heterocycles. The number of rotatable bonds is 6. The van der Waals surface area contributed by atoms with Crippen LogP contribution in [0.3, 0.4) is 0 Å². The lowest BCUT2D eigenvalue weighted by atomic mass is 9.97. The first-order valence-electron chi connectivity index (χ1n) is 11.3. The highest BCUT2D eigenvalue weighted by Gasteiger charge is 2.26. The van der Waals surface area contributed by atoms with Crippen molar-refractivity contribution in [1.29, 1.82) is 0 Å². The number of halogens is 3. The highest BCUT2D eigenvalue weighted by Crippen LogP contribution is 2.33. The summed E-state index contributed by atoms with van der Waals surface area (Å²) in [6, 6.07) is 20.5. The van der Waals surface area contributed by atoms with Crippen molar-refractivity contribution in [2.75, 3.05) is 6.61 Å². The number of epoxide rings is 1. The molecular weight excluding hydrogens is 453 g/mol. The molecular formula is C29H21F3O3. The lowest BCUT2D eigenvalue weighted by Crippen LogP contribution is -2.09. The van der Waals surface area contributed by atoms with E-state index in [1.807, 2.05) is 19.1 Å². The molecule has 176 valence electrons. The van der Waals surface area contributed by atoms with Crippen LogP contribution in [0.5, 0.6) is 5.75 Å². The molecule has 1 aliphatic heterocycles. The van der Waals surface area contributed by atoms with E-state index in [0.29, 0.717) is 23.3 Å². The van der Waals surface area contributed by atoms with Gasteiger partial charge in [0.1, 0.15) is 6.10 Å². The van der Waals surface area contributed by atoms with E-state index in [4.69, 9.17) is 9.47 Å². The molecule has 0 spiro atoms. The van der Waals surface area contributed by atoms with Crippen molar-refractivity contribution < 1.29 is 27.4 Å². The minimum Gasteiger partial charge on any atom is -0.420 e. The Kier molecular flexibility index (Phi) is 6.14. The van der Waals surface area contributed by atoms with Crippen LogP contribution >= 0.6 is 0 Å². The first kappa shape index (κ1) is 22.9. The monoisotopic (exact) mass is 474 g/mol. The van der Waals surface area contributed by atoms with Crippen LogP contribution in [0.15, 0.2) is 78.9 Å². The van der Waals surface area contributed by atoms with Gasteiger partial charge in [0.05, 0.1) is 12.2 Å². The first-order valence-corrected chi connectivity index (χ1v) is 11.3. The molecule has 6 heteroatoms. The molecule has 1 heterocycles. The second-order valence-corrected chi connectivity index (χ2v) is 8.32. The molecule has 1 unspecified atom stereocenters. The van der Waals surface area contributed by atoms with Gasteiger partial charge in [-0.05, 0) is 52.9 Å². The molecule has 0 radical (unpaired) electrons. The van der Waals surface area contributed by atoms with Crippen molar-refractivity contribution in [2.45, 2.75) is 19.4 Å². The zero-order valence-corrected chi connectivity index (χ0v) is 18.9. The highest BCUT2D eigenvalue weighted by molar-refractivity contribution is 5.91. The second-order valence-electron chi connectivity index (χ2n) is 8.32. The summed E-state index contributed by atoms with van der Waals surface area (Å²) in [5.41, 5.74) is 3.17. The molecule has 0 bridgehead atoms. The molecule has 35 heavy (non-hydrogen) atoms. The molecule has 0 amide bonds. The van der Waals surface area contributed by atoms with Gasteiger partial charge in [0.25, 0.3) is 0 Å². The molecule has 0 aromatic heterocycles. The number of hydrogen-bond donors (Lipinski definition) is 0. The van der Waals surface area contributed by atoms with Crippen molar-refractivity contribution in [3.8, 4) is 28.0 Å². The molecule has 0 N–H and O–H groups in total. The molecule has 1 aliphatic rings. The van der Waals surface area contributed by atoms with Crippen LogP contribution < -0.4 is 4.74 Å². The molecule has 0 aliphatic carbocycles. The predicted octanol–water partition coefficient (Wildman–Crippen LogP) is 7.29. The molecule has 3 nitrogen and oxygen atoms in total. The minimum atomic E-state index is -0.973. The molecule has 5 rings (SSSR count). The summed E-state index contributed by atoms with van der Waals surface area (Å²) in [5, 5.41) is 0. The zero-order valence-electron chi connectivity index (χ0n) is 18.9. The molecule has 0 saturated carbocycles. The maximum atomic E-state index is 14.9. The van der Waals surface area contributed by atoms with E-state index in [0.717, 1.165) is 12.0 Å². The van der Waals surface area contributed by atoms with Gasteiger partial charge in [-0.3, -0.25) is 0 Å². The minimum absolute atomic E-state index is 0.0697. The summed E-state index contributed by atoms with van der Waals surface area (Å²) in [5.74, 6) is -3.53. The number of carbonyl (C=O) groups excluding carboxylic acids is 1. The maximum absolute atomic E-state index is 14.9. The third-order valence-corrected chi connectivity index (χ3v) is 6.05. The van der Waals surface area contributed by atoms with E-state index in [-0.39, 0.29) is 28.5 Å². The van der Waals surface area contributed by atoms with Gasteiger partial charge in [0.15, 0.2) is 23.2 Å². The van der Waals surface area contributed by atoms with Crippen LogP contribution in [0.4, 0.5) is 13.2 Å². The molecule has 4 aromatic carbocycles. The van der Waals surface area contributed by atoms with Crippen LogP contribution in [-0.2, 0) is 11.2 Å². The van der Waals surface area contributed by atoms with E-state index in [2.05, 4.69) is 0 Å². The van der Waals surface area contributed by atoms with Crippen LogP contribution in [0.25, 0.3) is 22.3 Å². The van der Waals surface area contributed by atoms with Gasteiger partial charge in [-0.1, -0.05) is 61.5 Å². The highest BCUT2D eigenvalue weighted by atomic mass is 19.2. The van der Waals surface area contributed by atoms with Gasteiger partial charge in [0, 0.05) is 11.1 Å². The number of esters is 1. The van der Waals surface area contributed by atoms with Gasteiger partial charge in [0.2, 0.25) is 0 Å². The number of carbonyl (C=O) groups is 1. The summed E-state index contributed by atoms with van der Waals surface area (Å²) < 4.78 is 54.4. The third-order valence-electron chi connectivity index (χ3n) is 6.05. The van der Waals surface area contributed by atoms with Crippen molar-refractivity contribution >= 4 is 5.97 Å². The van der Waals surface area contributed by atoms with Crippen molar-refractivity contribution in [3.05, 3.63) is 113 Å². The third kappa shape index (κ3) is 4.70. The SMILES string of the molecule is CCc1ccc(-c2ccc(-c3ccc(C(=O)Oc4ccc(C5CO5)cc4F)cc3)c(F)c2F)cc1. The first-order chi connectivity index (χ1) is 16.9. The number of benzene rings is 4. The summed E-state index contributed by atoms with van der Waals surface area (Å²) in [6.07, 6.45) is 0.749. The normalized spacial score (nSPS) is 14.6. The second kappa shape index (κ2) is 9.39. The lowest BCUT2D eigenvalue weighted by molar-refractivity contribution is 0.0728. The number of hydrogen-bond acceptors (Lipinski definition) is 3. The van der Waals surface area contributed by atoms with Crippen molar-refractivity contribution in [3.63, 3.8) is 0 Å². The predicted molar refractivity (Wildman–Crippen MR) is 127 cm³/mol. The van der Waals surface area contributed by atoms with Crippen LogP contribution in [0.2, 0.25) is 0 Å². The van der Waals surface area contributed by atoms with E-state index >= 15 is 0 Å². The number of ether oxygens (including phenoxy) is 2. The van der Waals surface area contributed by atoms with E-state index in [1.54, 1.807) is 18.2 Å². The van der Waals surface area contributed by atoms with E-state index in [9.17, 15) is 18.0 Å².